The van der Waals surface area contributed by atoms with Gasteiger partial charge in [-0.2, -0.15) is 5.26 Å². The molecule has 0 saturated carbocycles. The molecule has 7 nitrogen and oxygen atoms in total. The van der Waals surface area contributed by atoms with Gasteiger partial charge in [0.05, 0.1) is 16.8 Å². The Labute approximate surface area is 156 Å². The molecule has 0 spiro atoms. The standard InChI is InChI=1S/C18H10BrN3O4/c19-13-7-2-1-5-11(13)15-8-14(22-26-15)17(23)21-16-10(9-20)4-3-6-12(16)18(24)25/h1-8H,(H,21,23)(H,24,25). The van der Waals surface area contributed by atoms with E-state index in [9.17, 15) is 14.7 Å². The minimum Gasteiger partial charge on any atom is -0.478 e. The van der Waals surface area contributed by atoms with Gasteiger partial charge in [0, 0.05) is 16.1 Å². The highest BCUT2D eigenvalue weighted by atomic mass is 79.9. The summed E-state index contributed by atoms with van der Waals surface area (Å²) in [6.45, 7) is 0. The fraction of sp³-hybridized carbons (Fsp3) is 0. The average molecular weight is 412 g/mol. The molecule has 2 N–H and O–H groups in total. The summed E-state index contributed by atoms with van der Waals surface area (Å²) in [5.41, 5.74) is 0.431. The smallest absolute Gasteiger partial charge is 0.337 e. The highest BCUT2D eigenvalue weighted by Gasteiger charge is 2.20. The van der Waals surface area contributed by atoms with Gasteiger partial charge in [0.15, 0.2) is 11.5 Å². The molecule has 0 fully saturated rings. The molecule has 1 amide bonds. The molecule has 0 aliphatic carbocycles. The van der Waals surface area contributed by atoms with E-state index in [4.69, 9.17) is 9.78 Å². The lowest BCUT2D eigenvalue weighted by molar-refractivity contribution is 0.0698. The zero-order valence-corrected chi connectivity index (χ0v) is 14.6. The van der Waals surface area contributed by atoms with Crippen LogP contribution in [0, 0.1) is 11.3 Å². The van der Waals surface area contributed by atoms with E-state index in [1.807, 2.05) is 24.3 Å². The largest absolute Gasteiger partial charge is 0.478 e. The number of carboxylic acids is 1. The summed E-state index contributed by atoms with van der Waals surface area (Å²) in [6, 6.07) is 14.7. The molecule has 2 aromatic carbocycles. The Hall–Kier alpha value is -3.44. The Morgan fingerprint density at radius 3 is 2.65 bits per heavy atom. The van der Waals surface area contributed by atoms with Crippen LogP contribution < -0.4 is 5.32 Å². The summed E-state index contributed by atoms with van der Waals surface area (Å²) in [5, 5.41) is 24.6. The zero-order chi connectivity index (χ0) is 18.7. The number of anilines is 1. The van der Waals surface area contributed by atoms with Crippen molar-refractivity contribution in [1.82, 2.24) is 5.16 Å². The van der Waals surface area contributed by atoms with E-state index in [2.05, 4.69) is 26.4 Å². The van der Waals surface area contributed by atoms with Crippen LogP contribution in [-0.2, 0) is 0 Å². The van der Waals surface area contributed by atoms with E-state index in [1.54, 1.807) is 6.07 Å². The molecule has 0 aliphatic heterocycles. The third-order valence-corrected chi connectivity index (χ3v) is 4.23. The lowest BCUT2D eigenvalue weighted by Gasteiger charge is -2.08. The van der Waals surface area contributed by atoms with Crippen molar-refractivity contribution in [3.63, 3.8) is 0 Å². The third kappa shape index (κ3) is 3.34. The fourth-order valence-electron chi connectivity index (χ4n) is 2.31. The van der Waals surface area contributed by atoms with Crippen molar-refractivity contribution in [1.29, 1.82) is 5.26 Å². The van der Waals surface area contributed by atoms with Crippen LogP contribution in [0.5, 0.6) is 0 Å². The molecule has 0 bridgehead atoms. The molecule has 0 saturated heterocycles. The lowest BCUT2D eigenvalue weighted by Crippen LogP contribution is -2.16. The molecule has 3 aromatic rings. The van der Waals surface area contributed by atoms with E-state index in [-0.39, 0.29) is 22.5 Å². The second-order valence-electron chi connectivity index (χ2n) is 5.16. The van der Waals surface area contributed by atoms with Crippen molar-refractivity contribution >= 4 is 33.5 Å². The van der Waals surface area contributed by atoms with Crippen LogP contribution >= 0.6 is 15.9 Å². The summed E-state index contributed by atoms with van der Waals surface area (Å²) >= 11 is 3.39. The first-order chi connectivity index (χ1) is 12.5. The Morgan fingerprint density at radius 1 is 1.19 bits per heavy atom. The molecular weight excluding hydrogens is 402 g/mol. The summed E-state index contributed by atoms with van der Waals surface area (Å²) in [4.78, 5) is 23.8. The van der Waals surface area contributed by atoms with Gasteiger partial charge in [0.25, 0.3) is 5.91 Å². The highest BCUT2D eigenvalue weighted by Crippen LogP contribution is 2.29. The Bertz CT molecular complexity index is 1050. The molecule has 0 radical (unpaired) electrons. The Morgan fingerprint density at radius 2 is 1.96 bits per heavy atom. The average Bonchev–Trinajstić information content (AvgIpc) is 3.12. The van der Waals surface area contributed by atoms with Gasteiger partial charge in [-0.15, -0.1) is 0 Å². The van der Waals surface area contributed by atoms with E-state index in [1.165, 1.54) is 24.3 Å². The minimum atomic E-state index is -1.26. The molecular formula is C18H10BrN3O4. The Kier molecular flexibility index (Phi) is 4.82. The highest BCUT2D eigenvalue weighted by molar-refractivity contribution is 9.10. The number of carbonyl (C=O) groups is 2. The maximum atomic E-state index is 12.4. The predicted octanol–water partition coefficient (Wildman–Crippen LogP) is 3.93. The first-order valence-corrected chi connectivity index (χ1v) is 8.10. The Balaban J connectivity index is 1.92. The molecule has 1 heterocycles. The monoisotopic (exact) mass is 411 g/mol. The van der Waals surface area contributed by atoms with Crippen LogP contribution in [0.3, 0.4) is 0 Å². The minimum absolute atomic E-state index is 0.0350. The molecule has 0 atom stereocenters. The number of rotatable bonds is 4. The van der Waals surface area contributed by atoms with Crippen molar-refractivity contribution in [2.45, 2.75) is 0 Å². The van der Waals surface area contributed by atoms with Crippen molar-refractivity contribution in [3.05, 3.63) is 69.8 Å². The van der Waals surface area contributed by atoms with Gasteiger partial charge < -0.3 is 14.9 Å². The van der Waals surface area contributed by atoms with Crippen LogP contribution in [0.2, 0.25) is 0 Å². The number of hydrogen-bond acceptors (Lipinski definition) is 5. The van der Waals surface area contributed by atoms with Gasteiger partial charge in [-0.05, 0) is 24.3 Å². The first kappa shape index (κ1) is 17.4. The number of hydrogen-bond donors (Lipinski definition) is 2. The summed E-state index contributed by atoms with van der Waals surface area (Å²) in [7, 11) is 0. The van der Waals surface area contributed by atoms with Crippen LogP contribution in [-0.4, -0.2) is 22.1 Å². The number of para-hydroxylation sites is 1. The topological polar surface area (TPSA) is 116 Å². The molecule has 0 aliphatic rings. The SMILES string of the molecule is N#Cc1cccc(C(=O)O)c1NC(=O)c1cc(-c2ccccc2Br)on1. The maximum absolute atomic E-state index is 12.4. The van der Waals surface area contributed by atoms with Gasteiger partial charge in [0.2, 0.25) is 0 Å². The first-order valence-electron chi connectivity index (χ1n) is 7.30. The quantitative estimate of drug-likeness (QED) is 0.671. The molecule has 26 heavy (non-hydrogen) atoms. The van der Waals surface area contributed by atoms with Crippen LogP contribution in [0.1, 0.15) is 26.4 Å². The van der Waals surface area contributed by atoms with Gasteiger partial charge in [-0.25, -0.2) is 4.79 Å². The molecule has 3 rings (SSSR count). The van der Waals surface area contributed by atoms with Crippen molar-refractivity contribution in [2.24, 2.45) is 0 Å². The molecule has 1 aromatic heterocycles. The third-order valence-electron chi connectivity index (χ3n) is 3.54. The van der Waals surface area contributed by atoms with Crippen molar-refractivity contribution in [3.8, 4) is 17.4 Å². The summed E-state index contributed by atoms with van der Waals surface area (Å²) in [5.74, 6) is -1.57. The number of nitrogens with zero attached hydrogens (tertiary/aromatic N) is 2. The predicted molar refractivity (Wildman–Crippen MR) is 95.7 cm³/mol. The van der Waals surface area contributed by atoms with E-state index < -0.39 is 11.9 Å². The zero-order valence-electron chi connectivity index (χ0n) is 13.1. The molecule has 128 valence electrons. The maximum Gasteiger partial charge on any atom is 0.337 e. The number of carboxylic acid groups (broad SMARTS) is 1. The van der Waals surface area contributed by atoms with Gasteiger partial charge >= 0.3 is 5.97 Å². The number of nitrogens with one attached hydrogen (secondary N) is 1. The summed E-state index contributed by atoms with van der Waals surface area (Å²) < 4.78 is 5.97. The van der Waals surface area contributed by atoms with E-state index >= 15 is 0 Å². The number of aromatic nitrogens is 1. The van der Waals surface area contributed by atoms with Gasteiger partial charge in [-0.1, -0.05) is 39.3 Å². The number of carbonyl (C=O) groups excluding carboxylic acids is 1. The number of aromatic carboxylic acids is 1. The number of amides is 1. The van der Waals surface area contributed by atoms with Crippen LogP contribution in [0.15, 0.2) is 57.5 Å². The van der Waals surface area contributed by atoms with Gasteiger partial charge in [0.1, 0.15) is 6.07 Å². The van der Waals surface area contributed by atoms with E-state index in [0.717, 1.165) is 4.47 Å². The summed E-state index contributed by atoms with van der Waals surface area (Å²) in [6.07, 6.45) is 0. The second-order valence-corrected chi connectivity index (χ2v) is 6.01. The number of benzene rings is 2. The van der Waals surface area contributed by atoms with Crippen LogP contribution in [0.4, 0.5) is 5.69 Å². The molecule has 8 heteroatoms. The molecule has 0 unspecified atom stereocenters. The fourth-order valence-corrected chi connectivity index (χ4v) is 2.79. The van der Waals surface area contributed by atoms with Crippen molar-refractivity contribution < 1.29 is 19.2 Å². The number of nitriles is 1. The van der Waals surface area contributed by atoms with Crippen LogP contribution in [0.25, 0.3) is 11.3 Å². The van der Waals surface area contributed by atoms with Crippen molar-refractivity contribution in [2.75, 3.05) is 5.32 Å². The lowest BCUT2D eigenvalue weighted by atomic mass is 10.1. The van der Waals surface area contributed by atoms with E-state index in [0.29, 0.717) is 11.3 Å². The normalized spacial score (nSPS) is 10.2. The number of halogens is 1. The van der Waals surface area contributed by atoms with Gasteiger partial charge in [-0.3, -0.25) is 4.79 Å². The second kappa shape index (κ2) is 7.21.